The smallest absolute Gasteiger partial charge is 0.381 e. The van der Waals surface area contributed by atoms with Gasteiger partial charge in [0.15, 0.2) is 5.70 Å². The van der Waals surface area contributed by atoms with E-state index in [1.165, 1.54) is 24.8 Å². The van der Waals surface area contributed by atoms with Crippen LogP contribution < -0.4 is 5.32 Å². The summed E-state index contributed by atoms with van der Waals surface area (Å²) in [4.78, 5) is 8.08. The highest BCUT2D eigenvalue weighted by Crippen LogP contribution is 2.40. The molecule has 0 radical (unpaired) electrons. The molecule has 0 bridgehead atoms. The van der Waals surface area contributed by atoms with Crippen molar-refractivity contribution in [3.8, 4) is 0 Å². The van der Waals surface area contributed by atoms with Gasteiger partial charge in [0.05, 0.1) is 5.57 Å². The molecule has 1 atom stereocenters. The van der Waals surface area contributed by atoms with E-state index < -0.39 is 30.0 Å². The second-order valence-electron chi connectivity index (χ2n) is 10.5. The lowest BCUT2D eigenvalue weighted by atomic mass is 9.73. The van der Waals surface area contributed by atoms with Gasteiger partial charge in [0, 0.05) is 43.3 Å². The molecular weight excluding hydrogens is 520 g/mol. The van der Waals surface area contributed by atoms with Gasteiger partial charge in [-0.25, -0.2) is 0 Å². The van der Waals surface area contributed by atoms with Crippen LogP contribution in [0, 0.1) is 0 Å². The number of rotatable bonds is 11. The van der Waals surface area contributed by atoms with Crippen LogP contribution in [-0.4, -0.2) is 49.9 Å². The topological polar surface area (TPSA) is 46.5 Å². The summed E-state index contributed by atoms with van der Waals surface area (Å²) in [6.07, 6.45) is 1.83. The van der Waals surface area contributed by atoms with Crippen LogP contribution >= 0.6 is 0 Å². The Kier molecular flexibility index (Phi) is 11.6. The van der Waals surface area contributed by atoms with E-state index in [9.17, 15) is 26.3 Å². The van der Waals surface area contributed by atoms with Crippen LogP contribution in [-0.2, 0) is 10.2 Å². The van der Waals surface area contributed by atoms with Crippen molar-refractivity contribution in [3.63, 3.8) is 0 Å². The van der Waals surface area contributed by atoms with E-state index in [2.05, 4.69) is 29.0 Å². The molecule has 0 amide bonds. The lowest BCUT2D eigenvalue weighted by Gasteiger charge is -2.34. The zero-order chi connectivity index (χ0) is 28.4. The van der Waals surface area contributed by atoms with Crippen molar-refractivity contribution in [1.82, 2.24) is 10.3 Å². The summed E-state index contributed by atoms with van der Waals surface area (Å²) >= 11 is 0. The molecule has 0 aromatic carbocycles. The Morgan fingerprint density at radius 3 is 2.44 bits per heavy atom. The third-order valence-electron chi connectivity index (χ3n) is 7.77. The molecule has 0 unspecified atom stereocenters. The molecule has 1 saturated carbocycles. The Hall–Kier alpha value is -2.20. The number of ether oxygens (including phenoxy) is 1. The molecule has 4 nitrogen and oxygen atoms in total. The van der Waals surface area contributed by atoms with Gasteiger partial charge in [-0.05, 0) is 75.5 Å². The summed E-state index contributed by atoms with van der Waals surface area (Å²) in [7, 11) is 0. The molecule has 1 aromatic rings. The van der Waals surface area contributed by atoms with Crippen molar-refractivity contribution in [2.24, 2.45) is 4.99 Å². The van der Waals surface area contributed by atoms with Crippen LogP contribution in [0.25, 0.3) is 0 Å². The van der Waals surface area contributed by atoms with Gasteiger partial charge in [0.2, 0.25) is 0 Å². The molecule has 1 aliphatic carbocycles. The number of nitrogens with zero attached hydrogens (tertiary/aromatic N) is 2. The van der Waals surface area contributed by atoms with E-state index in [0.29, 0.717) is 19.1 Å². The first kappa shape index (κ1) is 31.3. The van der Waals surface area contributed by atoms with Crippen molar-refractivity contribution < 1.29 is 31.1 Å². The minimum absolute atomic E-state index is 0.0588. The number of alkyl halides is 6. The first-order chi connectivity index (χ1) is 18.6. The molecule has 3 rings (SSSR count). The highest BCUT2D eigenvalue weighted by atomic mass is 19.4. The first-order valence-electron chi connectivity index (χ1n) is 13.8. The number of allylic oxidation sites excluding steroid dienone is 3. The molecule has 2 heterocycles. The van der Waals surface area contributed by atoms with Gasteiger partial charge in [0.1, 0.15) is 0 Å². The number of aliphatic imine (C=N–C) groups is 1. The largest absolute Gasteiger partial charge is 0.433 e. The molecule has 1 aliphatic heterocycles. The predicted octanol–water partition coefficient (Wildman–Crippen LogP) is 7.96. The highest BCUT2D eigenvalue weighted by molar-refractivity contribution is 5.60. The Morgan fingerprint density at radius 2 is 1.82 bits per heavy atom. The second-order valence-corrected chi connectivity index (χ2v) is 10.5. The molecule has 2 fully saturated rings. The average molecular weight is 560 g/mol. The van der Waals surface area contributed by atoms with E-state index in [-0.39, 0.29) is 18.4 Å². The Bertz CT molecular complexity index is 955. The summed E-state index contributed by atoms with van der Waals surface area (Å²) in [5.41, 5.74) is -1.51. The van der Waals surface area contributed by atoms with Gasteiger partial charge in [-0.15, -0.1) is 6.58 Å². The average Bonchev–Trinajstić information content (AvgIpc) is 2.95. The Morgan fingerprint density at radius 1 is 1.03 bits per heavy atom. The van der Waals surface area contributed by atoms with E-state index in [0.717, 1.165) is 63.1 Å². The summed E-state index contributed by atoms with van der Waals surface area (Å²) in [6.45, 7) is 5.40. The lowest BCUT2D eigenvalue weighted by molar-refractivity contribution is -0.116. The summed E-state index contributed by atoms with van der Waals surface area (Å²) in [5.74, 6) is 0.603. The van der Waals surface area contributed by atoms with Crippen molar-refractivity contribution in [1.29, 1.82) is 0 Å². The van der Waals surface area contributed by atoms with Crippen molar-refractivity contribution in [2.75, 3.05) is 26.3 Å². The molecular formula is C29H39F6N3O. The van der Waals surface area contributed by atoms with Crippen LogP contribution in [0.1, 0.15) is 87.8 Å². The van der Waals surface area contributed by atoms with E-state index in [1.54, 1.807) is 0 Å². The van der Waals surface area contributed by atoms with E-state index >= 15 is 0 Å². The molecule has 39 heavy (non-hydrogen) atoms. The summed E-state index contributed by atoms with van der Waals surface area (Å²) in [5, 5.41) is 3.23. The zero-order valence-corrected chi connectivity index (χ0v) is 22.3. The zero-order valence-electron chi connectivity index (χ0n) is 22.3. The van der Waals surface area contributed by atoms with Gasteiger partial charge < -0.3 is 10.1 Å². The van der Waals surface area contributed by atoms with Crippen LogP contribution in [0.15, 0.2) is 47.2 Å². The number of aromatic nitrogens is 1. The lowest BCUT2D eigenvalue weighted by Crippen LogP contribution is -2.33. The van der Waals surface area contributed by atoms with Crippen molar-refractivity contribution >= 4 is 6.21 Å². The van der Waals surface area contributed by atoms with Crippen LogP contribution in [0.2, 0.25) is 0 Å². The summed E-state index contributed by atoms with van der Waals surface area (Å²) in [6, 6.07) is 4.34. The quantitative estimate of drug-likeness (QED) is 0.130. The molecule has 10 heteroatoms. The number of nitrogens with one attached hydrogen (secondary N) is 1. The number of pyridine rings is 1. The minimum atomic E-state index is -5.22. The van der Waals surface area contributed by atoms with E-state index in [1.807, 2.05) is 6.20 Å². The molecule has 0 spiro atoms. The fourth-order valence-corrected chi connectivity index (χ4v) is 5.26. The maximum Gasteiger partial charge on any atom is 0.433 e. The first-order valence-corrected chi connectivity index (χ1v) is 13.8. The normalized spacial score (nSPS) is 22.5. The molecule has 2 aliphatic rings. The van der Waals surface area contributed by atoms with E-state index in [4.69, 9.17) is 9.72 Å². The molecule has 1 N–H and O–H groups in total. The van der Waals surface area contributed by atoms with Crippen molar-refractivity contribution in [2.45, 2.75) is 94.3 Å². The van der Waals surface area contributed by atoms with Crippen LogP contribution in [0.5, 0.6) is 0 Å². The fraction of sp³-hybridized carbons (Fsp3) is 0.655. The van der Waals surface area contributed by atoms with Crippen molar-refractivity contribution in [3.05, 3.63) is 53.5 Å². The fourth-order valence-electron chi connectivity index (χ4n) is 5.26. The molecule has 218 valence electrons. The third kappa shape index (κ3) is 9.17. The monoisotopic (exact) mass is 559 g/mol. The van der Waals surface area contributed by atoms with Crippen LogP contribution in [0.3, 0.4) is 0 Å². The molecule has 1 saturated heterocycles. The van der Waals surface area contributed by atoms with Gasteiger partial charge in [-0.3, -0.25) is 9.98 Å². The standard InChI is InChI=1S/C29H39F6N3O/c1-2-8-24(28(30,31)32)26(29(33,34)35)37-17-7-16-36-18-14-27(13-4-3-5-19-39-20-15-27)25-12-11-23(21-38-25)22-9-6-10-22/h2,11-12,17,21-22,36H,1,3-10,13-16,18-20H2/b26-24+,37-17-/t27-/m1/s1. The number of hydrogen-bond acceptors (Lipinski definition) is 4. The summed E-state index contributed by atoms with van der Waals surface area (Å²) < 4.78 is 85.3. The second kappa shape index (κ2) is 14.4. The maximum absolute atomic E-state index is 13.3. The Labute approximate surface area is 227 Å². The number of halogens is 6. The van der Waals surface area contributed by atoms with Gasteiger partial charge >= 0.3 is 12.4 Å². The molecule has 1 aromatic heterocycles. The SMILES string of the molecule is C=CC/C(=C(\N=C/CCNCC[C@]1(c2ccc(C3CCC3)cn2)CCCCCOCC1)C(F)(F)F)C(F)(F)F. The minimum Gasteiger partial charge on any atom is -0.381 e. The third-order valence-corrected chi connectivity index (χ3v) is 7.77. The Balaban J connectivity index is 1.63. The van der Waals surface area contributed by atoms with Gasteiger partial charge in [0.25, 0.3) is 0 Å². The highest BCUT2D eigenvalue weighted by Gasteiger charge is 2.45. The predicted molar refractivity (Wildman–Crippen MR) is 141 cm³/mol. The van der Waals surface area contributed by atoms with Gasteiger partial charge in [-0.1, -0.05) is 31.4 Å². The van der Waals surface area contributed by atoms with Crippen LogP contribution in [0.4, 0.5) is 26.3 Å². The van der Waals surface area contributed by atoms with Gasteiger partial charge in [-0.2, -0.15) is 26.3 Å². The maximum atomic E-state index is 13.3. The number of hydrogen-bond donors (Lipinski definition) is 1.